The van der Waals surface area contributed by atoms with Crippen molar-refractivity contribution in [2.75, 3.05) is 4.90 Å². The van der Waals surface area contributed by atoms with Crippen LogP contribution in [-0.2, 0) is 5.41 Å². The van der Waals surface area contributed by atoms with Crippen molar-refractivity contribution >= 4 is 49.4 Å². The van der Waals surface area contributed by atoms with Crippen LogP contribution in [0.4, 0.5) is 17.1 Å². The summed E-state index contributed by atoms with van der Waals surface area (Å²) in [5.74, 6) is 0. The molecular formula is C58H45N. The van der Waals surface area contributed by atoms with Gasteiger partial charge in [0.25, 0.3) is 0 Å². The molecule has 0 saturated heterocycles. The average molecular weight is 756 g/mol. The zero-order valence-electron chi connectivity index (χ0n) is 33.7. The van der Waals surface area contributed by atoms with E-state index < -0.39 is 0 Å². The van der Waals surface area contributed by atoms with Gasteiger partial charge in [0.1, 0.15) is 0 Å². The van der Waals surface area contributed by atoms with Gasteiger partial charge in [-0.3, -0.25) is 0 Å². The number of anilines is 3. The predicted octanol–water partition coefficient (Wildman–Crippen LogP) is 16.6. The van der Waals surface area contributed by atoms with Gasteiger partial charge in [0.05, 0.1) is 17.1 Å². The van der Waals surface area contributed by atoms with Crippen molar-refractivity contribution in [2.45, 2.75) is 26.2 Å². The van der Waals surface area contributed by atoms with Crippen molar-refractivity contribution in [3.8, 4) is 44.5 Å². The summed E-state index contributed by atoms with van der Waals surface area (Å²) in [6.45, 7) is 6.92. The minimum atomic E-state index is -0.0778. The van der Waals surface area contributed by atoms with E-state index in [4.69, 9.17) is 0 Å². The molecule has 282 valence electrons. The summed E-state index contributed by atoms with van der Waals surface area (Å²) in [4.78, 5) is 2.55. The minimum absolute atomic E-state index is 0.0778. The standard InChI is InChI=1S/C58H45N/c1-58(2,3)44-36-38-46(40-19-6-4-7-20-40)56(39-44)59(54-33-14-12-27-51(54)49-31-18-30-48-45-26-11-10-23-42(45)35-37-50(48)49)55-34-15-13-28-52(55)53-32-17-25-43-24-16-29-47(57(43)53)41-21-8-5-9-22-41/h4-39H,1-3H3. The van der Waals surface area contributed by atoms with Crippen LogP contribution >= 0.6 is 0 Å². The number of benzene rings is 10. The molecule has 0 atom stereocenters. The van der Waals surface area contributed by atoms with Crippen LogP contribution in [0.3, 0.4) is 0 Å². The summed E-state index contributed by atoms with van der Waals surface area (Å²) in [5.41, 5.74) is 14.1. The highest BCUT2D eigenvalue weighted by Gasteiger charge is 2.26. The second-order valence-electron chi connectivity index (χ2n) is 16.5. The maximum absolute atomic E-state index is 2.55. The zero-order valence-corrected chi connectivity index (χ0v) is 33.7. The maximum atomic E-state index is 2.55. The van der Waals surface area contributed by atoms with Gasteiger partial charge >= 0.3 is 0 Å². The van der Waals surface area contributed by atoms with Crippen molar-refractivity contribution in [1.29, 1.82) is 0 Å². The summed E-state index contributed by atoms with van der Waals surface area (Å²) in [5, 5.41) is 7.47. The molecule has 0 spiro atoms. The lowest BCUT2D eigenvalue weighted by atomic mass is 9.84. The molecule has 0 fully saturated rings. The third-order valence-electron chi connectivity index (χ3n) is 11.8. The Hall–Kier alpha value is -7.22. The lowest BCUT2D eigenvalue weighted by Crippen LogP contribution is -2.16. The molecule has 0 amide bonds. The highest BCUT2D eigenvalue weighted by molar-refractivity contribution is 6.14. The Morgan fingerprint density at radius 2 is 0.814 bits per heavy atom. The van der Waals surface area contributed by atoms with Crippen LogP contribution in [0.1, 0.15) is 26.3 Å². The van der Waals surface area contributed by atoms with E-state index in [2.05, 4.69) is 244 Å². The fourth-order valence-corrected chi connectivity index (χ4v) is 8.93. The Balaban J connectivity index is 1.31. The van der Waals surface area contributed by atoms with E-state index in [9.17, 15) is 0 Å². The van der Waals surface area contributed by atoms with Gasteiger partial charge in [0, 0.05) is 16.7 Å². The van der Waals surface area contributed by atoms with E-state index in [1.54, 1.807) is 0 Å². The smallest absolute Gasteiger partial charge is 0.0543 e. The van der Waals surface area contributed by atoms with Gasteiger partial charge in [0.15, 0.2) is 0 Å². The van der Waals surface area contributed by atoms with Crippen molar-refractivity contribution in [1.82, 2.24) is 0 Å². The van der Waals surface area contributed by atoms with Crippen LogP contribution in [0.5, 0.6) is 0 Å². The van der Waals surface area contributed by atoms with E-state index >= 15 is 0 Å². The fourth-order valence-electron chi connectivity index (χ4n) is 8.93. The fraction of sp³-hybridized carbons (Fsp3) is 0.0690. The Bertz CT molecular complexity index is 3130. The monoisotopic (exact) mass is 755 g/mol. The molecule has 0 aromatic heterocycles. The summed E-state index contributed by atoms with van der Waals surface area (Å²) in [6.07, 6.45) is 0. The number of nitrogens with zero attached hydrogens (tertiary/aromatic N) is 1. The number of hydrogen-bond donors (Lipinski definition) is 0. The summed E-state index contributed by atoms with van der Waals surface area (Å²) < 4.78 is 0. The highest BCUT2D eigenvalue weighted by atomic mass is 15.1. The van der Waals surface area contributed by atoms with Crippen LogP contribution in [-0.4, -0.2) is 0 Å². The van der Waals surface area contributed by atoms with Crippen LogP contribution in [0.2, 0.25) is 0 Å². The van der Waals surface area contributed by atoms with Gasteiger partial charge in [-0.2, -0.15) is 0 Å². The van der Waals surface area contributed by atoms with Gasteiger partial charge in [-0.05, 0) is 89.3 Å². The summed E-state index contributed by atoms with van der Waals surface area (Å²) in [6, 6.07) is 80.2. The van der Waals surface area contributed by atoms with Crippen molar-refractivity contribution in [2.24, 2.45) is 0 Å². The quantitative estimate of drug-likeness (QED) is 0.146. The van der Waals surface area contributed by atoms with E-state index in [-0.39, 0.29) is 5.41 Å². The first kappa shape index (κ1) is 36.1. The van der Waals surface area contributed by atoms with Gasteiger partial charge in [0.2, 0.25) is 0 Å². The zero-order chi connectivity index (χ0) is 39.9. The van der Waals surface area contributed by atoms with Crippen molar-refractivity contribution in [3.05, 3.63) is 224 Å². The molecule has 0 bridgehead atoms. The van der Waals surface area contributed by atoms with Gasteiger partial charge < -0.3 is 4.90 Å². The van der Waals surface area contributed by atoms with Crippen LogP contribution in [0, 0.1) is 0 Å². The number of hydrogen-bond acceptors (Lipinski definition) is 1. The second kappa shape index (κ2) is 14.9. The van der Waals surface area contributed by atoms with E-state index in [1.165, 1.54) is 82.4 Å². The molecule has 0 aliphatic rings. The summed E-state index contributed by atoms with van der Waals surface area (Å²) >= 11 is 0. The SMILES string of the molecule is CC(C)(C)c1ccc(-c2ccccc2)c(N(c2ccccc2-c2cccc3c2ccc2ccccc23)c2ccccc2-c2cccc3cccc(-c4ccccc4)c23)c1. The molecule has 0 aliphatic heterocycles. The molecule has 0 aliphatic carbocycles. The maximum Gasteiger partial charge on any atom is 0.0543 e. The Morgan fingerprint density at radius 3 is 1.51 bits per heavy atom. The van der Waals surface area contributed by atoms with Crippen molar-refractivity contribution in [3.63, 3.8) is 0 Å². The molecule has 59 heavy (non-hydrogen) atoms. The third-order valence-corrected chi connectivity index (χ3v) is 11.8. The molecule has 0 saturated carbocycles. The molecule has 0 N–H and O–H groups in total. The van der Waals surface area contributed by atoms with E-state index in [0.717, 1.165) is 17.1 Å². The van der Waals surface area contributed by atoms with Gasteiger partial charge in [-0.1, -0.05) is 221 Å². The first-order valence-corrected chi connectivity index (χ1v) is 20.6. The second-order valence-corrected chi connectivity index (χ2v) is 16.5. The molecule has 0 unspecified atom stereocenters. The summed E-state index contributed by atoms with van der Waals surface area (Å²) in [7, 11) is 0. The van der Waals surface area contributed by atoms with Gasteiger partial charge in [-0.25, -0.2) is 0 Å². The lowest BCUT2D eigenvalue weighted by molar-refractivity contribution is 0.590. The van der Waals surface area contributed by atoms with Crippen LogP contribution in [0.25, 0.3) is 76.8 Å². The average Bonchev–Trinajstić information content (AvgIpc) is 3.29. The lowest BCUT2D eigenvalue weighted by Gasteiger charge is -2.33. The first-order chi connectivity index (χ1) is 28.9. The van der Waals surface area contributed by atoms with E-state index in [0.29, 0.717) is 0 Å². The Kier molecular flexibility index (Phi) is 9.15. The minimum Gasteiger partial charge on any atom is -0.309 e. The van der Waals surface area contributed by atoms with E-state index in [1.807, 2.05) is 0 Å². The first-order valence-electron chi connectivity index (χ1n) is 20.6. The molecular weight excluding hydrogens is 711 g/mol. The highest BCUT2D eigenvalue weighted by Crippen LogP contribution is 2.50. The number of rotatable bonds is 7. The Morgan fingerprint density at radius 1 is 0.305 bits per heavy atom. The normalized spacial score (nSPS) is 11.6. The van der Waals surface area contributed by atoms with Crippen molar-refractivity contribution < 1.29 is 0 Å². The van der Waals surface area contributed by atoms with Crippen LogP contribution < -0.4 is 4.90 Å². The number of para-hydroxylation sites is 2. The van der Waals surface area contributed by atoms with Crippen LogP contribution in [0.15, 0.2) is 218 Å². The molecule has 1 nitrogen and oxygen atoms in total. The molecule has 10 aromatic carbocycles. The topological polar surface area (TPSA) is 3.24 Å². The predicted molar refractivity (Wildman–Crippen MR) is 254 cm³/mol. The molecule has 10 rings (SSSR count). The third kappa shape index (κ3) is 6.55. The molecule has 10 aromatic rings. The largest absolute Gasteiger partial charge is 0.309 e. The Labute approximate surface area is 347 Å². The molecule has 0 heterocycles. The molecule has 0 radical (unpaired) electrons. The number of fused-ring (bicyclic) bond motifs is 4. The molecule has 1 heteroatoms. The van der Waals surface area contributed by atoms with Gasteiger partial charge in [-0.15, -0.1) is 0 Å².